The van der Waals surface area contributed by atoms with Gasteiger partial charge in [-0.2, -0.15) is 0 Å². The predicted octanol–water partition coefficient (Wildman–Crippen LogP) is 5.26. The molecule has 6 heteroatoms. The standard InChI is InChI=1S/C16H10Cl2N2OS/c17-11-7-5-10(9-12(11)18)6-8-15(21)20-16-19-13-3-1-2-4-14(13)22-16/h1-9H,(H,19,20,21). The number of hydrogen-bond donors (Lipinski definition) is 1. The average molecular weight is 349 g/mol. The minimum Gasteiger partial charge on any atom is -0.298 e. The van der Waals surface area contributed by atoms with E-state index in [0.29, 0.717) is 15.2 Å². The van der Waals surface area contributed by atoms with Crippen LogP contribution < -0.4 is 5.32 Å². The summed E-state index contributed by atoms with van der Waals surface area (Å²) in [6.45, 7) is 0. The molecular weight excluding hydrogens is 339 g/mol. The second-order valence-corrected chi connectivity index (χ2v) is 6.33. The molecule has 0 fully saturated rings. The van der Waals surface area contributed by atoms with E-state index in [1.165, 1.54) is 17.4 Å². The van der Waals surface area contributed by atoms with Gasteiger partial charge in [0.25, 0.3) is 0 Å². The van der Waals surface area contributed by atoms with Gasteiger partial charge in [-0.05, 0) is 35.9 Å². The number of thiazole rings is 1. The van der Waals surface area contributed by atoms with Crippen LogP contribution in [0.2, 0.25) is 10.0 Å². The minimum absolute atomic E-state index is 0.245. The Hall–Kier alpha value is -1.88. The van der Waals surface area contributed by atoms with Crippen LogP contribution in [0, 0.1) is 0 Å². The number of aromatic nitrogens is 1. The molecule has 3 nitrogen and oxygen atoms in total. The molecule has 0 spiro atoms. The van der Waals surface area contributed by atoms with E-state index in [0.717, 1.165) is 15.8 Å². The zero-order chi connectivity index (χ0) is 15.5. The summed E-state index contributed by atoms with van der Waals surface area (Å²) in [5, 5.41) is 4.26. The first-order chi connectivity index (χ1) is 10.6. The molecule has 0 saturated carbocycles. The van der Waals surface area contributed by atoms with E-state index in [1.807, 2.05) is 24.3 Å². The van der Waals surface area contributed by atoms with Crippen molar-refractivity contribution in [2.75, 3.05) is 5.32 Å². The van der Waals surface area contributed by atoms with E-state index >= 15 is 0 Å². The molecule has 0 aliphatic heterocycles. The molecular formula is C16H10Cl2N2OS. The van der Waals surface area contributed by atoms with E-state index in [2.05, 4.69) is 10.3 Å². The molecule has 1 N–H and O–H groups in total. The lowest BCUT2D eigenvalue weighted by Gasteiger charge is -1.98. The average Bonchev–Trinajstić information content (AvgIpc) is 2.90. The Kier molecular flexibility index (Phi) is 4.43. The van der Waals surface area contributed by atoms with Crippen molar-refractivity contribution < 1.29 is 4.79 Å². The van der Waals surface area contributed by atoms with E-state index in [-0.39, 0.29) is 5.91 Å². The second-order valence-electron chi connectivity index (χ2n) is 4.48. The summed E-state index contributed by atoms with van der Waals surface area (Å²) in [5.74, 6) is -0.245. The molecule has 0 unspecified atom stereocenters. The largest absolute Gasteiger partial charge is 0.298 e. The van der Waals surface area contributed by atoms with Crippen molar-refractivity contribution in [2.45, 2.75) is 0 Å². The molecule has 3 aromatic rings. The fourth-order valence-corrected chi connectivity index (χ4v) is 3.04. The van der Waals surface area contributed by atoms with Gasteiger partial charge < -0.3 is 0 Å². The fourth-order valence-electron chi connectivity index (χ4n) is 1.86. The minimum atomic E-state index is -0.245. The molecule has 0 saturated heterocycles. The molecule has 0 atom stereocenters. The topological polar surface area (TPSA) is 42.0 Å². The quantitative estimate of drug-likeness (QED) is 0.656. The number of nitrogens with one attached hydrogen (secondary N) is 1. The fraction of sp³-hybridized carbons (Fsp3) is 0. The number of benzene rings is 2. The van der Waals surface area contributed by atoms with Gasteiger partial charge in [-0.3, -0.25) is 10.1 Å². The Balaban J connectivity index is 1.71. The molecule has 0 aliphatic carbocycles. The first kappa shape index (κ1) is 15.0. The molecule has 3 rings (SSSR count). The molecule has 2 aromatic carbocycles. The van der Waals surface area contributed by atoms with E-state index in [4.69, 9.17) is 23.2 Å². The van der Waals surface area contributed by atoms with Gasteiger partial charge in [0, 0.05) is 6.08 Å². The van der Waals surface area contributed by atoms with Crippen LogP contribution in [-0.2, 0) is 4.79 Å². The van der Waals surface area contributed by atoms with Crippen LogP contribution in [0.25, 0.3) is 16.3 Å². The van der Waals surface area contributed by atoms with Crippen LogP contribution in [0.4, 0.5) is 5.13 Å². The number of anilines is 1. The second kappa shape index (κ2) is 6.48. The highest BCUT2D eigenvalue weighted by Gasteiger charge is 2.05. The van der Waals surface area contributed by atoms with Crippen LogP contribution in [0.15, 0.2) is 48.5 Å². The highest BCUT2D eigenvalue weighted by Crippen LogP contribution is 2.25. The third kappa shape index (κ3) is 3.47. The summed E-state index contributed by atoms with van der Waals surface area (Å²) in [6, 6.07) is 12.9. The van der Waals surface area contributed by atoms with Gasteiger partial charge in [-0.25, -0.2) is 4.98 Å². The van der Waals surface area contributed by atoms with Crippen molar-refractivity contribution in [3.05, 3.63) is 64.1 Å². The van der Waals surface area contributed by atoms with Gasteiger partial charge in [0.1, 0.15) is 0 Å². The number of carbonyl (C=O) groups is 1. The Labute approximate surface area is 141 Å². The van der Waals surface area contributed by atoms with Crippen LogP contribution in [-0.4, -0.2) is 10.9 Å². The first-order valence-electron chi connectivity index (χ1n) is 6.41. The normalized spacial score (nSPS) is 11.2. The third-order valence-corrected chi connectivity index (χ3v) is 4.59. The Morgan fingerprint density at radius 3 is 2.73 bits per heavy atom. The number of fused-ring (bicyclic) bond motifs is 1. The lowest BCUT2D eigenvalue weighted by Crippen LogP contribution is -2.07. The first-order valence-corrected chi connectivity index (χ1v) is 7.99. The molecule has 1 heterocycles. The Bertz CT molecular complexity index is 840. The van der Waals surface area contributed by atoms with Crippen LogP contribution in [0.3, 0.4) is 0 Å². The molecule has 0 aliphatic rings. The maximum absolute atomic E-state index is 11.9. The summed E-state index contributed by atoms with van der Waals surface area (Å²) in [4.78, 5) is 16.3. The highest BCUT2D eigenvalue weighted by atomic mass is 35.5. The maximum atomic E-state index is 11.9. The maximum Gasteiger partial charge on any atom is 0.250 e. The highest BCUT2D eigenvalue weighted by molar-refractivity contribution is 7.22. The lowest BCUT2D eigenvalue weighted by atomic mass is 10.2. The summed E-state index contributed by atoms with van der Waals surface area (Å²) < 4.78 is 1.03. The summed E-state index contributed by atoms with van der Waals surface area (Å²) in [6.07, 6.45) is 3.11. The van der Waals surface area contributed by atoms with Crippen LogP contribution in [0.1, 0.15) is 5.56 Å². The monoisotopic (exact) mass is 348 g/mol. The van der Waals surface area contributed by atoms with Crippen molar-refractivity contribution in [2.24, 2.45) is 0 Å². The molecule has 22 heavy (non-hydrogen) atoms. The number of halogens is 2. The molecule has 1 aromatic heterocycles. The SMILES string of the molecule is O=C(C=Cc1ccc(Cl)c(Cl)c1)Nc1nc2ccccc2s1. The number of carbonyl (C=O) groups excluding carboxylic acids is 1. The molecule has 110 valence electrons. The smallest absolute Gasteiger partial charge is 0.250 e. The zero-order valence-corrected chi connectivity index (χ0v) is 13.5. The van der Waals surface area contributed by atoms with Crippen molar-refractivity contribution >= 4 is 61.9 Å². The summed E-state index contributed by atoms with van der Waals surface area (Å²) >= 11 is 13.2. The number of rotatable bonds is 3. The Morgan fingerprint density at radius 1 is 1.14 bits per heavy atom. The van der Waals surface area contributed by atoms with Crippen LogP contribution >= 0.6 is 34.5 Å². The lowest BCUT2D eigenvalue weighted by molar-refractivity contribution is -0.111. The number of nitrogens with zero attached hydrogens (tertiary/aromatic N) is 1. The van der Waals surface area contributed by atoms with Crippen LogP contribution in [0.5, 0.6) is 0 Å². The molecule has 0 radical (unpaired) electrons. The van der Waals surface area contributed by atoms with Gasteiger partial charge in [-0.1, -0.05) is 52.7 Å². The van der Waals surface area contributed by atoms with Gasteiger partial charge in [0.2, 0.25) is 5.91 Å². The van der Waals surface area contributed by atoms with Crippen molar-refractivity contribution in [1.82, 2.24) is 4.98 Å². The summed E-state index contributed by atoms with van der Waals surface area (Å²) in [7, 11) is 0. The van der Waals surface area contributed by atoms with Gasteiger partial charge in [0.15, 0.2) is 5.13 Å². The van der Waals surface area contributed by atoms with E-state index in [1.54, 1.807) is 24.3 Å². The molecule has 0 bridgehead atoms. The van der Waals surface area contributed by atoms with E-state index in [9.17, 15) is 4.79 Å². The number of hydrogen-bond acceptors (Lipinski definition) is 3. The number of para-hydroxylation sites is 1. The van der Waals surface area contributed by atoms with Crippen molar-refractivity contribution in [1.29, 1.82) is 0 Å². The van der Waals surface area contributed by atoms with Crippen molar-refractivity contribution in [3.8, 4) is 0 Å². The zero-order valence-electron chi connectivity index (χ0n) is 11.2. The summed E-state index contributed by atoms with van der Waals surface area (Å²) in [5.41, 5.74) is 1.67. The third-order valence-electron chi connectivity index (χ3n) is 2.89. The molecule has 1 amide bonds. The Morgan fingerprint density at radius 2 is 1.95 bits per heavy atom. The number of amides is 1. The van der Waals surface area contributed by atoms with Gasteiger partial charge >= 0.3 is 0 Å². The van der Waals surface area contributed by atoms with Gasteiger partial charge in [0.05, 0.1) is 20.3 Å². The van der Waals surface area contributed by atoms with Crippen molar-refractivity contribution in [3.63, 3.8) is 0 Å². The van der Waals surface area contributed by atoms with Gasteiger partial charge in [-0.15, -0.1) is 0 Å². The predicted molar refractivity (Wildman–Crippen MR) is 93.7 cm³/mol. The van der Waals surface area contributed by atoms with E-state index < -0.39 is 0 Å².